The fourth-order valence-corrected chi connectivity index (χ4v) is 2.95. The third-order valence-corrected chi connectivity index (χ3v) is 4.51. The van der Waals surface area contributed by atoms with E-state index >= 15 is 0 Å². The molecule has 0 aliphatic heterocycles. The Morgan fingerprint density at radius 1 is 1.29 bits per heavy atom. The highest BCUT2D eigenvalue weighted by Crippen LogP contribution is 2.13. The van der Waals surface area contributed by atoms with Gasteiger partial charge >= 0.3 is 5.97 Å². The number of carboxylic acid groups (broad SMARTS) is 1. The average Bonchev–Trinajstić information content (AvgIpc) is 2.45. The number of hydrogen-bond donors (Lipinski definition) is 2. The van der Waals surface area contributed by atoms with Crippen LogP contribution in [-0.2, 0) is 15.3 Å². The maximum absolute atomic E-state index is 11.8. The zero-order valence-electron chi connectivity index (χ0n) is 12.3. The molecule has 0 radical (unpaired) electrons. The summed E-state index contributed by atoms with van der Waals surface area (Å²) in [5.74, 6) is 0.544. The second-order valence-corrected chi connectivity index (χ2v) is 6.69. The average molecular weight is 327 g/mol. The van der Waals surface area contributed by atoms with Crippen LogP contribution in [-0.4, -0.2) is 40.8 Å². The minimum atomic E-state index is -0.971. The summed E-state index contributed by atoms with van der Waals surface area (Å²) in [6.45, 7) is 2.03. The summed E-state index contributed by atoms with van der Waals surface area (Å²) in [7, 11) is 0. The van der Waals surface area contributed by atoms with E-state index in [-0.39, 0.29) is 11.7 Å². The fraction of sp³-hybridized carbons (Fsp3) is 0.467. The van der Waals surface area contributed by atoms with E-state index in [1.165, 1.54) is 17.3 Å². The third kappa shape index (κ3) is 7.43. The Kier molecular flexibility index (Phi) is 8.30. The number of carboxylic acids is 1. The predicted octanol–water partition coefficient (Wildman–Crippen LogP) is 2.55. The van der Waals surface area contributed by atoms with Crippen molar-refractivity contribution in [3.05, 3.63) is 35.4 Å². The van der Waals surface area contributed by atoms with Crippen molar-refractivity contribution in [1.29, 1.82) is 0 Å². The lowest BCUT2D eigenvalue weighted by atomic mass is 10.2. The van der Waals surface area contributed by atoms with Gasteiger partial charge in [-0.25, -0.2) is 4.79 Å². The lowest BCUT2D eigenvalue weighted by molar-refractivity contribution is -0.141. The number of thioether (sulfide) groups is 2. The molecule has 0 aliphatic carbocycles. The first kappa shape index (κ1) is 17.9. The lowest BCUT2D eigenvalue weighted by Crippen LogP contribution is -2.42. The lowest BCUT2D eigenvalue weighted by Gasteiger charge is -2.13. The number of aliphatic carboxylic acids is 1. The zero-order chi connectivity index (χ0) is 15.7. The summed E-state index contributed by atoms with van der Waals surface area (Å²) in [6.07, 6.45) is 2.36. The van der Waals surface area contributed by atoms with E-state index < -0.39 is 12.0 Å². The van der Waals surface area contributed by atoms with Crippen LogP contribution in [0.25, 0.3) is 0 Å². The van der Waals surface area contributed by atoms with Crippen LogP contribution in [0.1, 0.15) is 17.5 Å². The number of rotatable bonds is 9. The second-order valence-electron chi connectivity index (χ2n) is 4.72. The Morgan fingerprint density at radius 3 is 2.52 bits per heavy atom. The normalized spacial score (nSPS) is 11.9. The molecule has 0 spiro atoms. The largest absolute Gasteiger partial charge is 0.480 e. The molecule has 1 aromatic rings. The molecule has 1 amide bonds. The van der Waals surface area contributed by atoms with Crippen LogP contribution in [0.15, 0.2) is 24.3 Å². The Bertz CT molecular complexity index is 462. The standard InChI is InChI=1S/C15H21NO3S2/c1-11-3-5-12(6-4-11)9-21-10-14(17)16-13(15(18)19)7-8-20-2/h3-6,13H,7-10H2,1-2H3,(H,16,17)(H,18,19)/t13-/m0/s1. The maximum Gasteiger partial charge on any atom is 0.326 e. The van der Waals surface area contributed by atoms with Crippen molar-refractivity contribution < 1.29 is 14.7 Å². The predicted molar refractivity (Wildman–Crippen MR) is 89.9 cm³/mol. The van der Waals surface area contributed by atoms with E-state index in [2.05, 4.69) is 5.32 Å². The summed E-state index contributed by atoms with van der Waals surface area (Å²) >= 11 is 3.06. The van der Waals surface area contributed by atoms with E-state index in [1.54, 1.807) is 11.8 Å². The second kappa shape index (κ2) is 9.73. The van der Waals surface area contributed by atoms with Crippen LogP contribution < -0.4 is 5.32 Å². The van der Waals surface area contributed by atoms with Gasteiger partial charge in [0.05, 0.1) is 5.75 Å². The Hall–Kier alpha value is -1.14. The molecule has 0 fully saturated rings. The SMILES string of the molecule is CSCC[C@H](NC(=O)CSCc1ccc(C)cc1)C(=O)O. The smallest absolute Gasteiger partial charge is 0.326 e. The minimum Gasteiger partial charge on any atom is -0.480 e. The molecule has 0 aromatic heterocycles. The molecule has 4 nitrogen and oxygen atoms in total. The van der Waals surface area contributed by atoms with Crippen molar-refractivity contribution in [2.24, 2.45) is 0 Å². The number of aryl methyl sites for hydroxylation is 1. The van der Waals surface area contributed by atoms with Crippen molar-refractivity contribution in [3.8, 4) is 0 Å². The summed E-state index contributed by atoms with van der Waals surface area (Å²) in [5, 5.41) is 11.6. The molecule has 0 aliphatic rings. The first-order valence-electron chi connectivity index (χ1n) is 6.67. The number of nitrogens with one attached hydrogen (secondary N) is 1. The van der Waals surface area contributed by atoms with Gasteiger partial charge in [0.2, 0.25) is 5.91 Å². The van der Waals surface area contributed by atoms with E-state index in [9.17, 15) is 9.59 Å². The quantitative estimate of drug-likeness (QED) is 0.730. The first-order valence-corrected chi connectivity index (χ1v) is 9.22. The van der Waals surface area contributed by atoms with Crippen LogP contribution in [0.4, 0.5) is 0 Å². The molecule has 0 unspecified atom stereocenters. The van der Waals surface area contributed by atoms with Gasteiger partial charge in [-0.2, -0.15) is 11.8 Å². The third-order valence-electron chi connectivity index (χ3n) is 2.87. The van der Waals surface area contributed by atoms with Crippen LogP contribution in [0.5, 0.6) is 0 Å². The Labute approximate surface area is 134 Å². The summed E-state index contributed by atoms with van der Waals surface area (Å²) in [6, 6.07) is 7.37. The van der Waals surface area contributed by atoms with Gasteiger partial charge in [-0.15, -0.1) is 11.8 Å². The van der Waals surface area contributed by atoms with Gasteiger partial charge in [0.15, 0.2) is 0 Å². The van der Waals surface area contributed by atoms with Gasteiger partial charge in [0.1, 0.15) is 6.04 Å². The van der Waals surface area contributed by atoms with E-state index in [1.807, 2.05) is 37.4 Å². The summed E-state index contributed by atoms with van der Waals surface area (Å²) < 4.78 is 0. The van der Waals surface area contributed by atoms with E-state index in [4.69, 9.17) is 5.11 Å². The van der Waals surface area contributed by atoms with Crippen molar-refractivity contribution in [2.75, 3.05) is 17.8 Å². The molecule has 0 heterocycles. The molecule has 2 N–H and O–H groups in total. The highest BCUT2D eigenvalue weighted by atomic mass is 32.2. The molecular weight excluding hydrogens is 306 g/mol. The Balaban J connectivity index is 2.32. The van der Waals surface area contributed by atoms with Gasteiger partial charge in [-0.05, 0) is 30.9 Å². The van der Waals surface area contributed by atoms with E-state index in [0.717, 1.165) is 11.3 Å². The van der Waals surface area contributed by atoms with Gasteiger partial charge in [-0.1, -0.05) is 29.8 Å². The number of carbonyl (C=O) groups is 2. The number of carbonyl (C=O) groups excluding carboxylic acids is 1. The number of amides is 1. The molecular formula is C15H21NO3S2. The Morgan fingerprint density at radius 2 is 1.95 bits per heavy atom. The molecule has 1 rings (SSSR count). The molecule has 6 heteroatoms. The molecule has 21 heavy (non-hydrogen) atoms. The first-order chi connectivity index (χ1) is 10.0. The van der Waals surface area contributed by atoms with Crippen molar-refractivity contribution in [2.45, 2.75) is 25.1 Å². The molecule has 0 saturated heterocycles. The molecule has 1 atom stereocenters. The molecule has 0 bridgehead atoms. The monoisotopic (exact) mass is 327 g/mol. The van der Waals surface area contributed by atoms with Crippen LogP contribution in [0.3, 0.4) is 0 Å². The van der Waals surface area contributed by atoms with Crippen LogP contribution in [0.2, 0.25) is 0 Å². The molecule has 116 valence electrons. The fourth-order valence-electron chi connectivity index (χ4n) is 1.67. The summed E-state index contributed by atoms with van der Waals surface area (Å²) in [5.41, 5.74) is 2.37. The van der Waals surface area contributed by atoms with Crippen molar-refractivity contribution >= 4 is 35.4 Å². The van der Waals surface area contributed by atoms with E-state index in [0.29, 0.717) is 12.2 Å². The topological polar surface area (TPSA) is 66.4 Å². The highest BCUT2D eigenvalue weighted by molar-refractivity contribution is 7.99. The van der Waals surface area contributed by atoms with Gasteiger partial charge < -0.3 is 10.4 Å². The summed E-state index contributed by atoms with van der Waals surface area (Å²) in [4.78, 5) is 22.8. The highest BCUT2D eigenvalue weighted by Gasteiger charge is 2.18. The van der Waals surface area contributed by atoms with Crippen molar-refractivity contribution in [1.82, 2.24) is 5.32 Å². The van der Waals surface area contributed by atoms with Gasteiger partial charge in [-0.3, -0.25) is 4.79 Å². The van der Waals surface area contributed by atoms with Gasteiger partial charge in [0.25, 0.3) is 0 Å². The zero-order valence-corrected chi connectivity index (χ0v) is 13.9. The molecule has 0 saturated carbocycles. The number of benzene rings is 1. The van der Waals surface area contributed by atoms with Crippen molar-refractivity contribution in [3.63, 3.8) is 0 Å². The van der Waals surface area contributed by atoms with Crippen LogP contribution in [0, 0.1) is 6.92 Å². The minimum absolute atomic E-state index is 0.222. The van der Waals surface area contributed by atoms with Gasteiger partial charge in [0, 0.05) is 5.75 Å². The molecule has 1 aromatic carbocycles. The van der Waals surface area contributed by atoms with Crippen LogP contribution >= 0.6 is 23.5 Å². The number of hydrogen-bond acceptors (Lipinski definition) is 4. The maximum atomic E-state index is 11.8.